The van der Waals surface area contributed by atoms with Gasteiger partial charge in [0.2, 0.25) is 0 Å². The van der Waals surface area contributed by atoms with Crippen LogP contribution < -0.4 is 0 Å². The van der Waals surface area contributed by atoms with Crippen molar-refractivity contribution in [3.05, 3.63) is 45.5 Å². The van der Waals surface area contributed by atoms with E-state index in [4.69, 9.17) is 4.84 Å². The molecule has 0 unspecified atom stereocenters. The minimum absolute atomic E-state index is 0.136. The van der Waals surface area contributed by atoms with Gasteiger partial charge in [-0.15, -0.1) is 0 Å². The molecular formula is C13H12INO2. The summed E-state index contributed by atoms with van der Waals surface area (Å²) in [6.45, 7) is 0. The van der Waals surface area contributed by atoms with E-state index in [1.165, 1.54) is 12.2 Å². The Balaban J connectivity index is 2.54. The number of hydroxylamine groups is 2. The molecule has 0 N–H and O–H groups in total. The highest BCUT2D eigenvalue weighted by Gasteiger charge is 2.15. The molecule has 0 fully saturated rings. The van der Waals surface area contributed by atoms with Crippen molar-refractivity contribution in [2.75, 3.05) is 14.2 Å². The van der Waals surface area contributed by atoms with Crippen LogP contribution in [0.3, 0.4) is 0 Å². The molecule has 4 heteroatoms. The van der Waals surface area contributed by atoms with E-state index in [2.05, 4.69) is 22.6 Å². The Bertz CT molecular complexity index is 568. The molecule has 0 aliphatic rings. The summed E-state index contributed by atoms with van der Waals surface area (Å²) in [4.78, 5) is 17.0. The summed E-state index contributed by atoms with van der Waals surface area (Å²) in [6, 6.07) is 11.9. The maximum Gasteiger partial charge on any atom is 0.278 e. The number of nitrogens with zero attached hydrogens (tertiary/aromatic N) is 1. The standard InChI is InChI=1S/C13H12INO2/c1-15(17-2)13(16)11-7-9-5-3-4-6-10(9)8-12(11)14/h3-8H,1-2H3. The van der Waals surface area contributed by atoms with Gasteiger partial charge in [-0.2, -0.15) is 0 Å². The first kappa shape index (κ1) is 12.3. The Morgan fingerprint density at radius 1 is 1.24 bits per heavy atom. The molecule has 88 valence electrons. The van der Waals surface area contributed by atoms with E-state index in [9.17, 15) is 4.79 Å². The third-order valence-corrected chi connectivity index (χ3v) is 3.52. The van der Waals surface area contributed by atoms with Crippen LogP contribution in [0.2, 0.25) is 0 Å². The predicted octanol–water partition coefficient (Wildman–Crippen LogP) is 3.08. The van der Waals surface area contributed by atoms with Crippen LogP contribution in [0.1, 0.15) is 10.4 Å². The smallest absolute Gasteiger partial charge is 0.274 e. The van der Waals surface area contributed by atoms with Crippen molar-refractivity contribution in [1.29, 1.82) is 0 Å². The lowest BCUT2D eigenvalue weighted by molar-refractivity contribution is -0.0757. The second kappa shape index (κ2) is 5.01. The van der Waals surface area contributed by atoms with Gasteiger partial charge in [0.25, 0.3) is 5.91 Å². The van der Waals surface area contributed by atoms with Crippen LogP contribution in [0.4, 0.5) is 0 Å². The third kappa shape index (κ3) is 2.42. The second-order valence-corrected chi connectivity index (χ2v) is 4.83. The number of carbonyl (C=O) groups excluding carboxylic acids is 1. The summed E-state index contributed by atoms with van der Waals surface area (Å²) < 4.78 is 0.926. The number of fused-ring (bicyclic) bond motifs is 1. The van der Waals surface area contributed by atoms with Gasteiger partial charge in [-0.3, -0.25) is 9.63 Å². The molecule has 2 rings (SSSR count). The maximum atomic E-state index is 12.0. The number of halogens is 1. The molecule has 0 saturated heterocycles. The lowest BCUT2D eigenvalue weighted by Crippen LogP contribution is -2.26. The summed E-state index contributed by atoms with van der Waals surface area (Å²) in [5.41, 5.74) is 0.661. The van der Waals surface area contributed by atoms with Crippen LogP contribution in [0.25, 0.3) is 10.8 Å². The summed E-state index contributed by atoms with van der Waals surface area (Å²) in [7, 11) is 3.08. The molecule has 0 atom stereocenters. The van der Waals surface area contributed by atoms with Gasteiger partial charge in [-0.1, -0.05) is 24.3 Å². The highest BCUT2D eigenvalue weighted by molar-refractivity contribution is 14.1. The second-order valence-electron chi connectivity index (χ2n) is 3.66. The highest BCUT2D eigenvalue weighted by atomic mass is 127. The summed E-state index contributed by atoms with van der Waals surface area (Å²) in [6.07, 6.45) is 0. The van der Waals surface area contributed by atoms with E-state index < -0.39 is 0 Å². The van der Waals surface area contributed by atoms with E-state index in [0.29, 0.717) is 5.56 Å². The Morgan fingerprint density at radius 3 is 2.41 bits per heavy atom. The van der Waals surface area contributed by atoms with Crippen molar-refractivity contribution in [1.82, 2.24) is 5.06 Å². The Kier molecular flexibility index (Phi) is 3.63. The zero-order chi connectivity index (χ0) is 12.4. The molecule has 0 saturated carbocycles. The van der Waals surface area contributed by atoms with Crippen molar-refractivity contribution in [3.63, 3.8) is 0 Å². The van der Waals surface area contributed by atoms with Crippen molar-refractivity contribution >= 4 is 39.3 Å². The van der Waals surface area contributed by atoms with Gasteiger partial charge in [0.1, 0.15) is 0 Å². The minimum Gasteiger partial charge on any atom is -0.274 e. The molecule has 0 aromatic heterocycles. The van der Waals surface area contributed by atoms with E-state index in [-0.39, 0.29) is 5.91 Å². The molecule has 2 aromatic carbocycles. The Morgan fingerprint density at radius 2 is 1.82 bits per heavy atom. The van der Waals surface area contributed by atoms with E-state index in [1.807, 2.05) is 36.4 Å². The molecule has 0 aliphatic carbocycles. The Hall–Kier alpha value is -1.14. The number of hydrogen-bond acceptors (Lipinski definition) is 2. The summed E-state index contributed by atoms with van der Waals surface area (Å²) >= 11 is 2.17. The topological polar surface area (TPSA) is 29.5 Å². The molecule has 3 nitrogen and oxygen atoms in total. The quantitative estimate of drug-likeness (QED) is 0.621. The van der Waals surface area contributed by atoms with Crippen LogP contribution in [0.5, 0.6) is 0 Å². The van der Waals surface area contributed by atoms with Crippen LogP contribution in [-0.4, -0.2) is 25.1 Å². The van der Waals surface area contributed by atoms with Gasteiger partial charge in [-0.25, -0.2) is 5.06 Å². The zero-order valence-corrected chi connectivity index (χ0v) is 11.8. The monoisotopic (exact) mass is 341 g/mol. The van der Waals surface area contributed by atoms with Crippen LogP contribution in [0, 0.1) is 3.57 Å². The predicted molar refractivity (Wildman–Crippen MR) is 75.8 cm³/mol. The first-order valence-electron chi connectivity index (χ1n) is 5.14. The summed E-state index contributed by atoms with van der Waals surface area (Å²) in [5, 5.41) is 3.42. The third-order valence-electron chi connectivity index (χ3n) is 2.63. The normalized spacial score (nSPS) is 10.5. The molecule has 0 aliphatic heterocycles. The molecular weight excluding hydrogens is 329 g/mol. The molecule has 17 heavy (non-hydrogen) atoms. The number of amides is 1. The lowest BCUT2D eigenvalue weighted by atomic mass is 10.1. The number of hydrogen-bond donors (Lipinski definition) is 0. The fraction of sp³-hybridized carbons (Fsp3) is 0.154. The van der Waals surface area contributed by atoms with Gasteiger partial charge in [0.05, 0.1) is 12.7 Å². The fourth-order valence-electron chi connectivity index (χ4n) is 1.63. The molecule has 0 bridgehead atoms. The average molecular weight is 341 g/mol. The van der Waals surface area contributed by atoms with Gasteiger partial charge in [0, 0.05) is 10.6 Å². The van der Waals surface area contributed by atoms with Crippen LogP contribution in [-0.2, 0) is 4.84 Å². The van der Waals surface area contributed by atoms with Crippen molar-refractivity contribution < 1.29 is 9.63 Å². The SMILES string of the molecule is CON(C)C(=O)c1cc2ccccc2cc1I. The molecule has 0 radical (unpaired) electrons. The van der Waals surface area contributed by atoms with Crippen LogP contribution >= 0.6 is 22.6 Å². The largest absolute Gasteiger partial charge is 0.278 e. The zero-order valence-electron chi connectivity index (χ0n) is 9.61. The first-order chi connectivity index (χ1) is 8.13. The van der Waals surface area contributed by atoms with Gasteiger partial charge in [-0.05, 0) is 45.5 Å². The minimum atomic E-state index is -0.136. The van der Waals surface area contributed by atoms with Gasteiger partial charge >= 0.3 is 0 Å². The maximum absolute atomic E-state index is 12.0. The molecule has 1 amide bonds. The number of benzene rings is 2. The van der Waals surface area contributed by atoms with Crippen molar-refractivity contribution in [3.8, 4) is 0 Å². The van der Waals surface area contributed by atoms with E-state index in [0.717, 1.165) is 14.3 Å². The fourth-order valence-corrected chi connectivity index (χ4v) is 2.35. The van der Waals surface area contributed by atoms with Gasteiger partial charge < -0.3 is 0 Å². The van der Waals surface area contributed by atoms with Crippen LogP contribution in [0.15, 0.2) is 36.4 Å². The van der Waals surface area contributed by atoms with E-state index in [1.54, 1.807) is 7.05 Å². The first-order valence-corrected chi connectivity index (χ1v) is 6.22. The average Bonchev–Trinajstić information content (AvgIpc) is 2.36. The lowest BCUT2D eigenvalue weighted by Gasteiger charge is -2.15. The summed E-state index contributed by atoms with van der Waals surface area (Å²) in [5.74, 6) is -0.136. The number of rotatable bonds is 2. The van der Waals surface area contributed by atoms with E-state index >= 15 is 0 Å². The highest BCUT2D eigenvalue weighted by Crippen LogP contribution is 2.22. The van der Waals surface area contributed by atoms with Crippen molar-refractivity contribution in [2.24, 2.45) is 0 Å². The van der Waals surface area contributed by atoms with Crippen molar-refractivity contribution in [2.45, 2.75) is 0 Å². The Labute approximate surface area is 113 Å². The number of carbonyl (C=O) groups is 1. The molecule has 0 spiro atoms. The van der Waals surface area contributed by atoms with Gasteiger partial charge in [0.15, 0.2) is 0 Å². The molecule has 0 heterocycles. The molecule has 2 aromatic rings.